The highest BCUT2D eigenvalue weighted by Gasteiger charge is 2.33. The first kappa shape index (κ1) is 14.7. The van der Waals surface area contributed by atoms with Crippen LogP contribution < -0.4 is 5.32 Å². The Morgan fingerprint density at radius 3 is 2.55 bits per heavy atom. The second-order valence-corrected chi connectivity index (χ2v) is 4.96. The molecule has 20 heavy (non-hydrogen) atoms. The Balaban J connectivity index is 2.22. The van der Waals surface area contributed by atoms with E-state index < -0.39 is 12.2 Å². The van der Waals surface area contributed by atoms with Gasteiger partial charge in [-0.15, -0.1) is 0 Å². The highest BCUT2D eigenvalue weighted by atomic mass is 16.3. The van der Waals surface area contributed by atoms with Crippen molar-refractivity contribution < 1.29 is 15.0 Å². The number of aryl methyl sites for hydroxylation is 1. The molecule has 1 aliphatic rings. The first-order valence-corrected chi connectivity index (χ1v) is 6.95. The number of carbonyl (C=O) groups excluding carboxylic acids is 1. The van der Waals surface area contributed by atoms with E-state index in [9.17, 15) is 15.0 Å². The Morgan fingerprint density at radius 2 is 2.00 bits per heavy atom. The standard InChI is InChI=1S/C14H21N3O3/c1-3-10-5-9(6-13(16-10)15-4-2)14(20)17-7-11(18)12(19)8-17/h5-6,11-12,18-19H,3-4,7-8H2,1-2H3,(H,15,16). The van der Waals surface area contributed by atoms with Crippen LogP contribution in [0.15, 0.2) is 12.1 Å². The fraction of sp³-hybridized carbons (Fsp3) is 0.571. The predicted molar refractivity (Wildman–Crippen MR) is 75.7 cm³/mol. The summed E-state index contributed by atoms with van der Waals surface area (Å²) in [6.45, 7) is 5.01. The molecule has 2 heterocycles. The van der Waals surface area contributed by atoms with Crippen molar-refractivity contribution in [2.45, 2.75) is 32.5 Å². The predicted octanol–water partition coefficient (Wildman–Crippen LogP) is 0.253. The lowest BCUT2D eigenvalue weighted by molar-refractivity contribution is 0.0572. The number of pyridine rings is 1. The average molecular weight is 279 g/mol. The highest BCUT2D eigenvalue weighted by molar-refractivity contribution is 5.95. The van der Waals surface area contributed by atoms with E-state index in [-0.39, 0.29) is 19.0 Å². The van der Waals surface area contributed by atoms with Gasteiger partial charge in [0, 0.05) is 30.9 Å². The summed E-state index contributed by atoms with van der Waals surface area (Å²) in [6.07, 6.45) is -0.982. The molecule has 0 bridgehead atoms. The summed E-state index contributed by atoms with van der Waals surface area (Å²) in [5.74, 6) is 0.493. The summed E-state index contributed by atoms with van der Waals surface area (Å²) in [7, 11) is 0. The van der Waals surface area contributed by atoms with E-state index in [0.29, 0.717) is 11.4 Å². The molecule has 2 atom stereocenters. The number of carbonyl (C=O) groups is 1. The second kappa shape index (κ2) is 6.19. The quantitative estimate of drug-likeness (QED) is 0.736. The number of aromatic nitrogens is 1. The molecule has 1 amide bonds. The molecule has 1 aromatic heterocycles. The molecule has 1 aromatic rings. The van der Waals surface area contributed by atoms with Gasteiger partial charge < -0.3 is 20.4 Å². The molecule has 0 radical (unpaired) electrons. The van der Waals surface area contributed by atoms with Crippen molar-refractivity contribution in [2.75, 3.05) is 25.0 Å². The van der Waals surface area contributed by atoms with Gasteiger partial charge in [0.2, 0.25) is 0 Å². The van der Waals surface area contributed by atoms with Gasteiger partial charge in [-0.1, -0.05) is 6.92 Å². The molecule has 1 fully saturated rings. The number of aliphatic hydroxyl groups is 2. The fourth-order valence-electron chi connectivity index (χ4n) is 2.28. The van der Waals surface area contributed by atoms with Crippen LogP contribution in [0.5, 0.6) is 0 Å². The Kier molecular flexibility index (Phi) is 4.57. The van der Waals surface area contributed by atoms with Crippen molar-refractivity contribution in [3.63, 3.8) is 0 Å². The maximum atomic E-state index is 12.4. The van der Waals surface area contributed by atoms with Crippen LogP contribution in [0.3, 0.4) is 0 Å². The summed E-state index contributed by atoms with van der Waals surface area (Å²) in [4.78, 5) is 18.3. The largest absolute Gasteiger partial charge is 0.388 e. The third kappa shape index (κ3) is 3.08. The lowest BCUT2D eigenvalue weighted by Gasteiger charge is -2.16. The minimum atomic E-state index is -0.861. The molecule has 0 spiro atoms. The molecule has 1 saturated heterocycles. The summed E-state index contributed by atoms with van der Waals surface area (Å²) < 4.78 is 0. The Morgan fingerprint density at radius 1 is 1.35 bits per heavy atom. The second-order valence-electron chi connectivity index (χ2n) is 4.96. The molecule has 2 unspecified atom stereocenters. The number of hydrogen-bond donors (Lipinski definition) is 3. The van der Waals surface area contributed by atoms with Crippen LogP contribution in [-0.2, 0) is 6.42 Å². The maximum Gasteiger partial charge on any atom is 0.254 e. The molecular formula is C14H21N3O3. The molecule has 1 aliphatic heterocycles. The Labute approximate surface area is 118 Å². The van der Waals surface area contributed by atoms with E-state index >= 15 is 0 Å². The third-order valence-electron chi connectivity index (χ3n) is 3.39. The molecule has 0 aromatic carbocycles. The zero-order chi connectivity index (χ0) is 14.7. The number of rotatable bonds is 4. The molecule has 6 nitrogen and oxygen atoms in total. The first-order valence-electron chi connectivity index (χ1n) is 6.95. The molecule has 2 rings (SSSR count). The van der Waals surface area contributed by atoms with Gasteiger partial charge >= 0.3 is 0 Å². The first-order chi connectivity index (χ1) is 9.55. The van der Waals surface area contributed by atoms with Crippen molar-refractivity contribution in [3.05, 3.63) is 23.4 Å². The van der Waals surface area contributed by atoms with Gasteiger partial charge in [-0.25, -0.2) is 4.98 Å². The lowest BCUT2D eigenvalue weighted by atomic mass is 10.1. The number of aliphatic hydroxyl groups excluding tert-OH is 2. The number of nitrogens with one attached hydrogen (secondary N) is 1. The summed E-state index contributed by atoms with van der Waals surface area (Å²) in [5, 5.41) is 22.2. The van der Waals surface area contributed by atoms with Crippen molar-refractivity contribution in [3.8, 4) is 0 Å². The lowest BCUT2D eigenvalue weighted by Crippen LogP contribution is -2.30. The molecule has 0 aliphatic carbocycles. The van der Waals surface area contributed by atoms with Crippen LogP contribution in [0, 0.1) is 0 Å². The zero-order valence-corrected chi connectivity index (χ0v) is 11.8. The third-order valence-corrected chi connectivity index (χ3v) is 3.39. The van der Waals surface area contributed by atoms with Gasteiger partial charge in [-0.05, 0) is 25.5 Å². The number of amides is 1. The summed E-state index contributed by atoms with van der Waals surface area (Å²) in [5.41, 5.74) is 1.38. The van der Waals surface area contributed by atoms with Crippen LogP contribution >= 0.6 is 0 Å². The van der Waals surface area contributed by atoms with E-state index in [1.807, 2.05) is 13.8 Å². The fourth-order valence-corrected chi connectivity index (χ4v) is 2.28. The number of likely N-dealkylation sites (tertiary alicyclic amines) is 1. The van der Waals surface area contributed by atoms with Gasteiger partial charge in [0.15, 0.2) is 0 Å². The normalized spacial score (nSPS) is 22.1. The Hall–Kier alpha value is -1.66. The van der Waals surface area contributed by atoms with Crippen molar-refractivity contribution in [1.82, 2.24) is 9.88 Å². The zero-order valence-electron chi connectivity index (χ0n) is 11.8. The summed E-state index contributed by atoms with van der Waals surface area (Å²) in [6, 6.07) is 3.47. The van der Waals surface area contributed by atoms with Gasteiger partial charge in [-0.3, -0.25) is 4.79 Å². The minimum absolute atomic E-state index is 0.167. The van der Waals surface area contributed by atoms with Crippen LogP contribution in [0.1, 0.15) is 29.9 Å². The molecule has 3 N–H and O–H groups in total. The van der Waals surface area contributed by atoms with E-state index in [0.717, 1.165) is 18.7 Å². The van der Waals surface area contributed by atoms with Crippen molar-refractivity contribution in [1.29, 1.82) is 0 Å². The average Bonchev–Trinajstić information content (AvgIpc) is 2.78. The number of β-amino-alcohol motifs (C(OH)–C–C–N with tert-alkyl or cyclic N) is 2. The van der Waals surface area contributed by atoms with E-state index in [2.05, 4.69) is 10.3 Å². The van der Waals surface area contributed by atoms with Crippen LogP contribution in [0.25, 0.3) is 0 Å². The van der Waals surface area contributed by atoms with E-state index in [1.54, 1.807) is 12.1 Å². The van der Waals surface area contributed by atoms with Crippen molar-refractivity contribution >= 4 is 11.7 Å². The Bertz CT molecular complexity index is 483. The van der Waals surface area contributed by atoms with Gasteiger partial charge in [0.25, 0.3) is 5.91 Å². The van der Waals surface area contributed by atoms with Crippen molar-refractivity contribution in [2.24, 2.45) is 0 Å². The summed E-state index contributed by atoms with van der Waals surface area (Å²) >= 11 is 0. The van der Waals surface area contributed by atoms with E-state index in [4.69, 9.17) is 0 Å². The minimum Gasteiger partial charge on any atom is -0.388 e. The molecular weight excluding hydrogens is 258 g/mol. The van der Waals surface area contributed by atoms with Crippen LogP contribution in [0.4, 0.5) is 5.82 Å². The number of hydrogen-bond acceptors (Lipinski definition) is 5. The molecule has 110 valence electrons. The van der Waals surface area contributed by atoms with E-state index in [1.165, 1.54) is 4.90 Å². The van der Waals surface area contributed by atoms with Crippen LogP contribution in [-0.4, -0.2) is 57.8 Å². The highest BCUT2D eigenvalue weighted by Crippen LogP contribution is 2.17. The van der Waals surface area contributed by atoms with Gasteiger partial charge in [0.1, 0.15) is 5.82 Å². The monoisotopic (exact) mass is 279 g/mol. The topological polar surface area (TPSA) is 85.7 Å². The molecule has 0 saturated carbocycles. The maximum absolute atomic E-state index is 12.4. The number of nitrogens with zero attached hydrogens (tertiary/aromatic N) is 2. The number of anilines is 1. The SMILES string of the molecule is CCNc1cc(C(=O)N2CC(O)C(O)C2)cc(CC)n1. The van der Waals surface area contributed by atoms with Gasteiger partial charge in [-0.2, -0.15) is 0 Å². The molecule has 6 heteroatoms. The smallest absolute Gasteiger partial charge is 0.254 e. The van der Waals surface area contributed by atoms with Crippen LogP contribution in [0.2, 0.25) is 0 Å². The van der Waals surface area contributed by atoms with Gasteiger partial charge in [0.05, 0.1) is 12.2 Å².